The van der Waals surface area contributed by atoms with E-state index in [0.29, 0.717) is 18.1 Å². The highest BCUT2D eigenvalue weighted by Crippen LogP contribution is 2.39. The van der Waals surface area contributed by atoms with Crippen LogP contribution in [-0.4, -0.2) is 12.7 Å². The Labute approximate surface area is 207 Å². The molecule has 2 aliphatic carbocycles. The second kappa shape index (κ2) is 12.1. The van der Waals surface area contributed by atoms with E-state index in [4.69, 9.17) is 9.47 Å². The van der Waals surface area contributed by atoms with E-state index in [1.807, 2.05) is 19.9 Å². The fraction of sp³-hybridized carbons (Fsp3) is 0.533. The largest absolute Gasteiger partial charge is 0.491 e. The standard InChI is InChI=1S/C30H37F3O2/c1-3-5-20-6-8-22(9-7-20)26-16-12-24(29(32)30(26)33)19-35-25-14-10-21(11-15-25)23-13-17-28(34-4-2)27(31)18-23/h3,5,12-13,16-18,20-22,25H,4,6-11,14-15,19H2,1-2H3. The maximum absolute atomic E-state index is 14.9. The van der Waals surface area contributed by atoms with E-state index < -0.39 is 11.6 Å². The van der Waals surface area contributed by atoms with E-state index >= 15 is 0 Å². The Hall–Kier alpha value is -2.27. The summed E-state index contributed by atoms with van der Waals surface area (Å²) < 4.78 is 55.3. The third-order valence-corrected chi connectivity index (χ3v) is 7.74. The molecular weight excluding hydrogens is 449 g/mol. The molecule has 2 aromatic carbocycles. The van der Waals surface area contributed by atoms with Crippen LogP contribution in [0.1, 0.15) is 93.7 Å². The number of allylic oxidation sites excluding steroid dienone is 2. The quantitative estimate of drug-likeness (QED) is 0.348. The zero-order valence-corrected chi connectivity index (χ0v) is 20.9. The van der Waals surface area contributed by atoms with E-state index in [1.54, 1.807) is 24.3 Å². The van der Waals surface area contributed by atoms with Gasteiger partial charge in [-0.1, -0.05) is 30.4 Å². The van der Waals surface area contributed by atoms with Crippen LogP contribution in [0.2, 0.25) is 0 Å². The first-order valence-electron chi connectivity index (χ1n) is 13.1. The molecule has 2 nitrogen and oxygen atoms in total. The topological polar surface area (TPSA) is 18.5 Å². The Morgan fingerprint density at radius 3 is 2.23 bits per heavy atom. The highest BCUT2D eigenvalue weighted by molar-refractivity contribution is 5.32. The summed E-state index contributed by atoms with van der Waals surface area (Å²) in [7, 11) is 0. The van der Waals surface area contributed by atoms with Crippen molar-refractivity contribution in [1.82, 2.24) is 0 Å². The van der Waals surface area contributed by atoms with Gasteiger partial charge in [-0.15, -0.1) is 0 Å². The minimum absolute atomic E-state index is 0.00262. The maximum atomic E-state index is 14.9. The maximum Gasteiger partial charge on any atom is 0.165 e. The molecule has 2 aromatic rings. The van der Waals surface area contributed by atoms with Gasteiger partial charge in [-0.3, -0.25) is 0 Å². The van der Waals surface area contributed by atoms with Crippen LogP contribution in [0.3, 0.4) is 0 Å². The van der Waals surface area contributed by atoms with Crippen molar-refractivity contribution in [2.24, 2.45) is 5.92 Å². The summed E-state index contributed by atoms with van der Waals surface area (Å²) >= 11 is 0. The van der Waals surface area contributed by atoms with Crippen molar-refractivity contribution in [3.05, 3.63) is 76.6 Å². The van der Waals surface area contributed by atoms with Crippen molar-refractivity contribution in [2.75, 3.05) is 6.61 Å². The van der Waals surface area contributed by atoms with Gasteiger partial charge in [0.1, 0.15) is 0 Å². The molecule has 0 aromatic heterocycles. The molecule has 5 heteroatoms. The molecule has 0 unspecified atom stereocenters. The first-order valence-corrected chi connectivity index (χ1v) is 13.1. The Morgan fingerprint density at radius 1 is 0.857 bits per heavy atom. The van der Waals surface area contributed by atoms with E-state index in [1.165, 1.54) is 0 Å². The van der Waals surface area contributed by atoms with Gasteiger partial charge < -0.3 is 9.47 Å². The zero-order valence-electron chi connectivity index (χ0n) is 20.9. The van der Waals surface area contributed by atoms with Crippen LogP contribution in [0.5, 0.6) is 5.75 Å². The molecule has 0 spiro atoms. The van der Waals surface area contributed by atoms with E-state index in [-0.39, 0.29) is 41.7 Å². The van der Waals surface area contributed by atoms with Crippen molar-refractivity contribution in [2.45, 2.75) is 89.8 Å². The van der Waals surface area contributed by atoms with Gasteiger partial charge in [-0.05, 0) is 106 Å². The second-order valence-corrected chi connectivity index (χ2v) is 9.99. The molecule has 0 amide bonds. The van der Waals surface area contributed by atoms with Crippen LogP contribution >= 0.6 is 0 Å². The van der Waals surface area contributed by atoms with Crippen LogP contribution in [0, 0.1) is 23.4 Å². The average Bonchev–Trinajstić information content (AvgIpc) is 2.87. The molecule has 0 atom stereocenters. The second-order valence-electron chi connectivity index (χ2n) is 9.99. The smallest absolute Gasteiger partial charge is 0.165 e. The van der Waals surface area contributed by atoms with Gasteiger partial charge in [0.25, 0.3) is 0 Å². The van der Waals surface area contributed by atoms with Crippen molar-refractivity contribution in [3.8, 4) is 5.75 Å². The highest BCUT2D eigenvalue weighted by Gasteiger charge is 2.27. The number of rotatable bonds is 8. The fourth-order valence-electron chi connectivity index (χ4n) is 5.74. The normalized spacial score (nSPS) is 25.2. The highest BCUT2D eigenvalue weighted by atomic mass is 19.2. The molecule has 0 bridgehead atoms. The van der Waals surface area contributed by atoms with Crippen molar-refractivity contribution >= 4 is 0 Å². The van der Waals surface area contributed by atoms with Gasteiger partial charge in [-0.2, -0.15) is 0 Å². The average molecular weight is 487 g/mol. The molecule has 0 N–H and O–H groups in total. The number of ether oxygens (including phenoxy) is 2. The van der Waals surface area contributed by atoms with Gasteiger partial charge in [0.15, 0.2) is 23.2 Å². The summed E-state index contributed by atoms with van der Waals surface area (Å²) in [5.41, 5.74) is 1.77. The van der Waals surface area contributed by atoms with Gasteiger partial charge in [0, 0.05) is 5.56 Å². The van der Waals surface area contributed by atoms with E-state index in [0.717, 1.165) is 56.9 Å². The molecular formula is C30H37F3O2. The first kappa shape index (κ1) is 25.8. The molecule has 4 rings (SSSR count). The van der Waals surface area contributed by atoms with Crippen LogP contribution in [0.15, 0.2) is 42.5 Å². The molecule has 0 aliphatic heterocycles. The Kier molecular flexibility index (Phi) is 8.94. The summed E-state index contributed by atoms with van der Waals surface area (Å²) in [6.45, 7) is 4.37. The van der Waals surface area contributed by atoms with E-state index in [9.17, 15) is 13.2 Å². The number of halogens is 3. The summed E-state index contributed by atoms with van der Waals surface area (Å²) in [5, 5.41) is 0. The van der Waals surface area contributed by atoms with Crippen molar-refractivity contribution < 1.29 is 22.6 Å². The first-order chi connectivity index (χ1) is 17.0. The number of hydrogen-bond acceptors (Lipinski definition) is 2. The summed E-state index contributed by atoms with van der Waals surface area (Å²) in [6.07, 6.45) is 11.5. The summed E-state index contributed by atoms with van der Waals surface area (Å²) in [6, 6.07) is 8.66. The van der Waals surface area contributed by atoms with Gasteiger partial charge in [0.2, 0.25) is 0 Å². The molecule has 0 radical (unpaired) electrons. The Bertz CT molecular complexity index is 1000. The zero-order chi connectivity index (χ0) is 24.8. The van der Waals surface area contributed by atoms with Crippen molar-refractivity contribution in [3.63, 3.8) is 0 Å². The minimum Gasteiger partial charge on any atom is -0.491 e. The molecule has 0 saturated heterocycles. The lowest BCUT2D eigenvalue weighted by molar-refractivity contribution is 0.0118. The summed E-state index contributed by atoms with van der Waals surface area (Å²) in [4.78, 5) is 0. The van der Waals surface area contributed by atoms with Gasteiger partial charge in [-0.25, -0.2) is 13.2 Å². The molecule has 2 saturated carbocycles. The Morgan fingerprint density at radius 2 is 1.57 bits per heavy atom. The SMILES string of the molecule is CC=CC1CCC(c2ccc(COC3CCC(c4ccc(OCC)c(F)c4)CC3)c(F)c2F)CC1. The van der Waals surface area contributed by atoms with Gasteiger partial charge >= 0.3 is 0 Å². The van der Waals surface area contributed by atoms with Crippen LogP contribution in [0.4, 0.5) is 13.2 Å². The Balaban J connectivity index is 1.29. The molecule has 0 heterocycles. The predicted octanol–water partition coefficient (Wildman–Crippen LogP) is 8.60. The minimum atomic E-state index is -0.767. The number of hydrogen-bond donors (Lipinski definition) is 0. The van der Waals surface area contributed by atoms with Crippen molar-refractivity contribution in [1.29, 1.82) is 0 Å². The lowest BCUT2D eigenvalue weighted by Crippen LogP contribution is -2.21. The monoisotopic (exact) mass is 486 g/mol. The molecule has 190 valence electrons. The molecule has 2 aliphatic rings. The lowest BCUT2D eigenvalue weighted by atomic mass is 9.78. The lowest BCUT2D eigenvalue weighted by Gasteiger charge is -2.29. The fourth-order valence-corrected chi connectivity index (χ4v) is 5.74. The van der Waals surface area contributed by atoms with E-state index in [2.05, 4.69) is 12.2 Å². The third kappa shape index (κ3) is 6.30. The third-order valence-electron chi connectivity index (χ3n) is 7.74. The van der Waals surface area contributed by atoms with Crippen LogP contribution in [-0.2, 0) is 11.3 Å². The predicted molar refractivity (Wildman–Crippen MR) is 133 cm³/mol. The summed E-state index contributed by atoms with van der Waals surface area (Å²) in [5.74, 6) is -0.594. The van der Waals surface area contributed by atoms with Gasteiger partial charge in [0.05, 0.1) is 19.3 Å². The van der Waals surface area contributed by atoms with Crippen LogP contribution in [0.25, 0.3) is 0 Å². The molecule has 35 heavy (non-hydrogen) atoms. The number of benzene rings is 2. The van der Waals surface area contributed by atoms with Crippen LogP contribution < -0.4 is 4.74 Å². The molecule has 2 fully saturated rings.